The first-order valence-electron chi connectivity index (χ1n) is 4.80. The number of hydrogen-bond acceptors (Lipinski definition) is 4. The molecule has 0 spiro atoms. The summed E-state index contributed by atoms with van der Waals surface area (Å²) in [7, 11) is 0. The van der Waals surface area contributed by atoms with Crippen molar-refractivity contribution in [3.8, 4) is 0 Å². The van der Waals surface area contributed by atoms with Gasteiger partial charge in [0, 0.05) is 11.7 Å². The van der Waals surface area contributed by atoms with Crippen molar-refractivity contribution in [3.63, 3.8) is 0 Å². The van der Waals surface area contributed by atoms with Crippen LogP contribution in [-0.2, 0) is 0 Å². The van der Waals surface area contributed by atoms with E-state index in [9.17, 15) is 0 Å². The van der Waals surface area contributed by atoms with Crippen LogP contribution in [0.5, 0.6) is 0 Å². The molecule has 0 saturated carbocycles. The van der Waals surface area contributed by atoms with Gasteiger partial charge >= 0.3 is 0 Å². The zero-order valence-electron chi connectivity index (χ0n) is 7.93. The van der Waals surface area contributed by atoms with Crippen molar-refractivity contribution in [1.82, 2.24) is 19.8 Å². The van der Waals surface area contributed by atoms with Crippen molar-refractivity contribution < 1.29 is 0 Å². The lowest BCUT2D eigenvalue weighted by atomic mass is 10.1. The van der Waals surface area contributed by atoms with Crippen LogP contribution >= 0.6 is 23.4 Å². The summed E-state index contributed by atoms with van der Waals surface area (Å²) in [6, 6.07) is 3.58. The summed E-state index contributed by atoms with van der Waals surface area (Å²) in [5.41, 5.74) is 0.770. The standard InChI is InChI=1S/C9H9ClN4S/c10-7-1-2-8-11-12-9(14(8)13-7)6-3-4-15-5-6/h1-2,6H,3-5H2. The summed E-state index contributed by atoms with van der Waals surface area (Å²) in [6.07, 6.45) is 1.15. The van der Waals surface area contributed by atoms with Gasteiger partial charge in [0.15, 0.2) is 11.5 Å². The maximum absolute atomic E-state index is 5.86. The van der Waals surface area contributed by atoms with Crippen LogP contribution in [0.2, 0.25) is 5.15 Å². The average Bonchev–Trinajstić information content (AvgIpc) is 2.83. The molecule has 6 heteroatoms. The second kappa shape index (κ2) is 3.64. The van der Waals surface area contributed by atoms with Gasteiger partial charge in [-0.05, 0) is 24.3 Å². The molecule has 1 aliphatic heterocycles. The Morgan fingerprint density at radius 2 is 2.33 bits per heavy atom. The lowest BCUT2D eigenvalue weighted by Gasteiger charge is -2.04. The molecule has 0 aromatic carbocycles. The van der Waals surface area contributed by atoms with Crippen molar-refractivity contribution in [2.24, 2.45) is 0 Å². The number of fused-ring (bicyclic) bond motifs is 1. The molecule has 0 N–H and O–H groups in total. The molecule has 2 aromatic heterocycles. The fraction of sp³-hybridized carbons (Fsp3) is 0.444. The zero-order valence-corrected chi connectivity index (χ0v) is 9.50. The molecular formula is C9H9ClN4S. The van der Waals surface area contributed by atoms with Gasteiger partial charge in [0.25, 0.3) is 0 Å². The van der Waals surface area contributed by atoms with Crippen molar-refractivity contribution in [2.75, 3.05) is 11.5 Å². The average molecular weight is 241 g/mol. The highest BCUT2D eigenvalue weighted by atomic mass is 35.5. The van der Waals surface area contributed by atoms with E-state index in [1.54, 1.807) is 10.6 Å². The highest BCUT2D eigenvalue weighted by molar-refractivity contribution is 7.99. The smallest absolute Gasteiger partial charge is 0.178 e. The third-order valence-electron chi connectivity index (χ3n) is 2.55. The minimum Gasteiger partial charge on any atom is -0.196 e. The monoisotopic (exact) mass is 240 g/mol. The van der Waals surface area contributed by atoms with Gasteiger partial charge in [0.2, 0.25) is 0 Å². The highest BCUT2D eigenvalue weighted by Gasteiger charge is 2.23. The number of rotatable bonds is 1. The summed E-state index contributed by atoms with van der Waals surface area (Å²) in [5.74, 6) is 3.71. The fourth-order valence-electron chi connectivity index (χ4n) is 1.78. The second-order valence-electron chi connectivity index (χ2n) is 3.54. The topological polar surface area (TPSA) is 43.1 Å². The Kier molecular flexibility index (Phi) is 2.29. The highest BCUT2D eigenvalue weighted by Crippen LogP contribution is 2.31. The molecule has 1 unspecified atom stereocenters. The number of aromatic nitrogens is 4. The summed E-state index contributed by atoms with van der Waals surface area (Å²) < 4.78 is 1.76. The Morgan fingerprint density at radius 3 is 3.13 bits per heavy atom. The van der Waals surface area contributed by atoms with Crippen LogP contribution in [-0.4, -0.2) is 31.3 Å². The number of hydrogen-bond donors (Lipinski definition) is 0. The third kappa shape index (κ3) is 1.59. The molecule has 0 radical (unpaired) electrons. The third-order valence-corrected chi connectivity index (χ3v) is 3.91. The largest absolute Gasteiger partial charge is 0.196 e. The van der Waals surface area contributed by atoms with Gasteiger partial charge in [0.1, 0.15) is 5.15 Å². The van der Waals surface area contributed by atoms with Crippen molar-refractivity contribution >= 4 is 29.0 Å². The van der Waals surface area contributed by atoms with Gasteiger partial charge in [-0.3, -0.25) is 0 Å². The van der Waals surface area contributed by atoms with Crippen LogP contribution in [0.25, 0.3) is 5.65 Å². The molecule has 1 atom stereocenters. The summed E-state index contributed by atoms with van der Waals surface area (Å²) >= 11 is 7.81. The Bertz CT molecular complexity index is 492. The molecule has 2 aromatic rings. The first-order chi connectivity index (χ1) is 7.34. The molecule has 3 heterocycles. The molecule has 3 rings (SSSR count). The molecule has 1 saturated heterocycles. The quantitative estimate of drug-likeness (QED) is 0.765. The van der Waals surface area contributed by atoms with Crippen LogP contribution in [0, 0.1) is 0 Å². The molecule has 4 nitrogen and oxygen atoms in total. The van der Waals surface area contributed by atoms with Gasteiger partial charge in [-0.1, -0.05) is 11.6 Å². The molecule has 1 fully saturated rings. The Morgan fingerprint density at radius 1 is 1.40 bits per heavy atom. The van der Waals surface area contributed by atoms with E-state index in [-0.39, 0.29) is 0 Å². The van der Waals surface area contributed by atoms with Crippen LogP contribution in [0.4, 0.5) is 0 Å². The maximum atomic E-state index is 5.86. The van der Waals surface area contributed by atoms with E-state index < -0.39 is 0 Å². The summed E-state index contributed by atoms with van der Waals surface area (Å²) in [4.78, 5) is 0. The van der Waals surface area contributed by atoms with Gasteiger partial charge in [-0.15, -0.1) is 10.2 Å². The van der Waals surface area contributed by atoms with Crippen LogP contribution < -0.4 is 0 Å². The van der Waals surface area contributed by atoms with Crippen molar-refractivity contribution in [2.45, 2.75) is 12.3 Å². The predicted octanol–water partition coefficient (Wildman–Crippen LogP) is 2.00. The van der Waals surface area contributed by atoms with E-state index in [4.69, 9.17) is 11.6 Å². The van der Waals surface area contributed by atoms with E-state index in [1.807, 2.05) is 17.8 Å². The molecule has 0 aliphatic carbocycles. The molecule has 0 amide bonds. The van der Waals surface area contributed by atoms with Crippen molar-refractivity contribution in [1.29, 1.82) is 0 Å². The lowest BCUT2D eigenvalue weighted by molar-refractivity contribution is 0.679. The van der Waals surface area contributed by atoms with E-state index >= 15 is 0 Å². The van der Waals surface area contributed by atoms with E-state index in [2.05, 4.69) is 15.3 Å². The first kappa shape index (κ1) is 9.42. The zero-order chi connectivity index (χ0) is 10.3. The second-order valence-corrected chi connectivity index (χ2v) is 5.08. The molecule has 1 aliphatic rings. The maximum Gasteiger partial charge on any atom is 0.178 e. The number of thioether (sulfide) groups is 1. The van der Waals surface area contributed by atoms with Crippen LogP contribution in [0.1, 0.15) is 18.2 Å². The van der Waals surface area contributed by atoms with Crippen LogP contribution in [0.3, 0.4) is 0 Å². The molecule has 15 heavy (non-hydrogen) atoms. The number of halogens is 1. The normalized spacial score (nSPS) is 21.3. The molecule has 0 bridgehead atoms. The van der Waals surface area contributed by atoms with Crippen molar-refractivity contribution in [3.05, 3.63) is 23.1 Å². The molecular weight excluding hydrogens is 232 g/mol. The van der Waals surface area contributed by atoms with Gasteiger partial charge in [-0.2, -0.15) is 21.4 Å². The summed E-state index contributed by atoms with van der Waals surface area (Å²) in [6.45, 7) is 0. The molecule has 78 valence electrons. The predicted molar refractivity (Wildman–Crippen MR) is 60.5 cm³/mol. The Hall–Kier alpha value is -0.810. The lowest BCUT2D eigenvalue weighted by Crippen LogP contribution is -2.05. The van der Waals surface area contributed by atoms with E-state index in [0.717, 1.165) is 23.6 Å². The Balaban J connectivity index is 2.13. The van der Waals surface area contributed by atoms with E-state index in [0.29, 0.717) is 11.1 Å². The van der Waals surface area contributed by atoms with Gasteiger partial charge in [-0.25, -0.2) is 0 Å². The number of nitrogens with zero attached hydrogens (tertiary/aromatic N) is 4. The van der Waals surface area contributed by atoms with Gasteiger partial charge in [0.05, 0.1) is 0 Å². The minimum atomic E-state index is 0.468. The van der Waals surface area contributed by atoms with Gasteiger partial charge < -0.3 is 0 Å². The SMILES string of the molecule is Clc1ccc2nnc(C3CCSC3)n2n1. The fourth-order valence-corrected chi connectivity index (χ4v) is 3.13. The Labute approximate surface area is 96.0 Å². The first-order valence-corrected chi connectivity index (χ1v) is 6.33. The van der Waals surface area contributed by atoms with Crippen LogP contribution in [0.15, 0.2) is 12.1 Å². The minimum absolute atomic E-state index is 0.468. The summed E-state index contributed by atoms with van der Waals surface area (Å²) in [5, 5.41) is 13.0. The van der Waals surface area contributed by atoms with E-state index in [1.165, 1.54) is 5.75 Å².